The van der Waals surface area contributed by atoms with Crippen LogP contribution in [-0.2, 0) is 5.60 Å². The van der Waals surface area contributed by atoms with Gasteiger partial charge in [-0.25, -0.2) is 4.39 Å². The number of benzene rings is 1. The molecule has 1 saturated heterocycles. The lowest BCUT2D eigenvalue weighted by molar-refractivity contribution is -0.0492. The van der Waals surface area contributed by atoms with Crippen molar-refractivity contribution >= 4 is 0 Å². The first kappa shape index (κ1) is 17.9. The molecule has 1 N–H and O–H groups in total. The minimum absolute atomic E-state index is 0.224. The number of rotatable bonds is 6. The van der Waals surface area contributed by atoms with E-state index in [1.165, 1.54) is 63.7 Å². The Kier molecular flexibility index (Phi) is 6.29. The third kappa shape index (κ3) is 4.37. The Bertz CT molecular complexity index is 491. The molecule has 2 nitrogen and oxygen atoms in total. The van der Waals surface area contributed by atoms with Crippen LogP contribution in [0.4, 0.5) is 4.39 Å². The molecule has 0 spiro atoms. The quantitative estimate of drug-likeness (QED) is 0.803. The van der Waals surface area contributed by atoms with Crippen LogP contribution in [0, 0.1) is 11.7 Å². The first-order valence-corrected chi connectivity index (χ1v) is 9.89. The lowest BCUT2D eigenvalue weighted by Crippen LogP contribution is -2.38. The van der Waals surface area contributed by atoms with Gasteiger partial charge in [0.1, 0.15) is 5.82 Å². The van der Waals surface area contributed by atoms with Gasteiger partial charge in [-0.05, 0) is 81.8 Å². The average Bonchev–Trinajstić information content (AvgIpc) is 2.64. The molecule has 0 aromatic heterocycles. The van der Waals surface area contributed by atoms with Crippen molar-refractivity contribution in [2.45, 2.75) is 69.8 Å². The number of nitrogens with zero attached hydrogens (tertiary/aromatic N) is 1. The molecule has 0 radical (unpaired) electrons. The summed E-state index contributed by atoms with van der Waals surface area (Å²) in [6, 6.07) is 6.58. The summed E-state index contributed by atoms with van der Waals surface area (Å²) < 4.78 is 13.3. The van der Waals surface area contributed by atoms with Gasteiger partial charge in [0, 0.05) is 0 Å². The normalized spacial score (nSPS) is 23.1. The van der Waals surface area contributed by atoms with E-state index in [4.69, 9.17) is 0 Å². The Hall–Kier alpha value is -0.930. The summed E-state index contributed by atoms with van der Waals surface area (Å²) in [5.74, 6) is 0.0936. The largest absolute Gasteiger partial charge is 0.385 e. The molecule has 2 fully saturated rings. The Morgan fingerprint density at radius 2 is 1.58 bits per heavy atom. The molecule has 1 saturated carbocycles. The molecule has 1 atom stereocenters. The van der Waals surface area contributed by atoms with Crippen molar-refractivity contribution in [1.29, 1.82) is 0 Å². The van der Waals surface area contributed by atoms with Crippen molar-refractivity contribution in [3.05, 3.63) is 35.6 Å². The van der Waals surface area contributed by atoms with E-state index in [2.05, 4.69) is 4.90 Å². The number of halogens is 1. The van der Waals surface area contributed by atoms with E-state index in [9.17, 15) is 9.50 Å². The third-order valence-electron chi connectivity index (χ3n) is 6.11. The van der Waals surface area contributed by atoms with Crippen LogP contribution in [0.3, 0.4) is 0 Å². The van der Waals surface area contributed by atoms with Crippen molar-refractivity contribution in [1.82, 2.24) is 4.90 Å². The molecule has 1 aromatic rings. The van der Waals surface area contributed by atoms with Crippen molar-refractivity contribution < 1.29 is 9.50 Å². The summed E-state index contributed by atoms with van der Waals surface area (Å²) >= 11 is 0. The Labute approximate surface area is 146 Å². The molecular formula is C21H32FNO. The van der Waals surface area contributed by atoms with Crippen LogP contribution in [0.1, 0.15) is 69.8 Å². The maximum absolute atomic E-state index is 13.3. The second kappa shape index (κ2) is 8.44. The van der Waals surface area contributed by atoms with Gasteiger partial charge in [-0.15, -0.1) is 0 Å². The highest BCUT2D eigenvalue weighted by Gasteiger charge is 2.38. The van der Waals surface area contributed by atoms with Gasteiger partial charge in [0.25, 0.3) is 0 Å². The number of piperidine rings is 1. The molecule has 24 heavy (non-hydrogen) atoms. The van der Waals surface area contributed by atoms with Crippen LogP contribution >= 0.6 is 0 Å². The zero-order chi connectivity index (χ0) is 16.8. The van der Waals surface area contributed by atoms with E-state index >= 15 is 0 Å². The van der Waals surface area contributed by atoms with Gasteiger partial charge in [-0.2, -0.15) is 0 Å². The SMILES string of the molecule is O[C@](CCCN1CCCCC1)(c1ccc(F)cc1)C1CCCCC1. The predicted octanol–water partition coefficient (Wildman–Crippen LogP) is 4.86. The fourth-order valence-corrected chi connectivity index (χ4v) is 4.66. The van der Waals surface area contributed by atoms with E-state index < -0.39 is 5.60 Å². The van der Waals surface area contributed by atoms with Crippen LogP contribution in [-0.4, -0.2) is 29.6 Å². The van der Waals surface area contributed by atoms with Crippen molar-refractivity contribution in [3.63, 3.8) is 0 Å². The zero-order valence-corrected chi connectivity index (χ0v) is 14.9. The summed E-state index contributed by atoms with van der Waals surface area (Å²) in [5.41, 5.74) is 0.124. The van der Waals surface area contributed by atoms with E-state index in [0.29, 0.717) is 5.92 Å². The molecular weight excluding hydrogens is 301 g/mol. The van der Waals surface area contributed by atoms with Crippen LogP contribution in [0.5, 0.6) is 0 Å². The average molecular weight is 333 g/mol. The molecule has 0 bridgehead atoms. The Morgan fingerprint density at radius 1 is 0.958 bits per heavy atom. The number of aliphatic hydroxyl groups is 1. The minimum atomic E-state index is -0.788. The van der Waals surface area contributed by atoms with Crippen LogP contribution in [0.2, 0.25) is 0 Å². The number of likely N-dealkylation sites (tertiary alicyclic amines) is 1. The summed E-state index contributed by atoms with van der Waals surface area (Å²) in [5, 5.41) is 11.6. The number of hydrogen-bond donors (Lipinski definition) is 1. The smallest absolute Gasteiger partial charge is 0.123 e. The maximum Gasteiger partial charge on any atom is 0.123 e. The van der Waals surface area contributed by atoms with Crippen LogP contribution in [0.15, 0.2) is 24.3 Å². The minimum Gasteiger partial charge on any atom is -0.385 e. The fourth-order valence-electron chi connectivity index (χ4n) is 4.66. The second-order valence-electron chi connectivity index (χ2n) is 7.77. The summed E-state index contributed by atoms with van der Waals surface area (Å²) in [6.45, 7) is 3.49. The predicted molar refractivity (Wildman–Crippen MR) is 96.4 cm³/mol. The molecule has 1 heterocycles. The van der Waals surface area contributed by atoms with Gasteiger partial charge >= 0.3 is 0 Å². The van der Waals surface area contributed by atoms with Gasteiger partial charge in [-0.3, -0.25) is 0 Å². The highest BCUT2D eigenvalue weighted by atomic mass is 19.1. The van der Waals surface area contributed by atoms with Gasteiger partial charge in [0.05, 0.1) is 5.60 Å². The van der Waals surface area contributed by atoms with E-state index in [-0.39, 0.29) is 5.82 Å². The molecule has 2 aliphatic rings. The molecule has 0 unspecified atom stereocenters. The standard InChI is InChI=1S/C21H32FNO/c22-20-12-10-19(11-13-20)21(24,18-8-3-1-4-9-18)14-7-17-23-15-5-2-6-16-23/h10-13,18,24H,1-9,14-17H2/t21-/m0/s1. The monoisotopic (exact) mass is 333 g/mol. The molecule has 134 valence electrons. The highest BCUT2D eigenvalue weighted by molar-refractivity contribution is 5.24. The maximum atomic E-state index is 13.3. The summed E-state index contributed by atoms with van der Waals surface area (Å²) in [4.78, 5) is 2.54. The van der Waals surface area contributed by atoms with Crippen molar-refractivity contribution in [3.8, 4) is 0 Å². The zero-order valence-electron chi connectivity index (χ0n) is 14.9. The Morgan fingerprint density at radius 3 is 2.25 bits per heavy atom. The topological polar surface area (TPSA) is 23.5 Å². The van der Waals surface area contributed by atoms with E-state index in [0.717, 1.165) is 37.8 Å². The van der Waals surface area contributed by atoms with E-state index in [1.54, 1.807) is 12.1 Å². The van der Waals surface area contributed by atoms with Gasteiger partial charge < -0.3 is 10.0 Å². The lowest BCUT2D eigenvalue weighted by Gasteiger charge is -2.40. The van der Waals surface area contributed by atoms with Crippen LogP contribution in [0.25, 0.3) is 0 Å². The van der Waals surface area contributed by atoms with Gasteiger partial charge in [0.15, 0.2) is 0 Å². The van der Waals surface area contributed by atoms with Crippen molar-refractivity contribution in [2.75, 3.05) is 19.6 Å². The van der Waals surface area contributed by atoms with Crippen molar-refractivity contribution in [2.24, 2.45) is 5.92 Å². The molecule has 0 amide bonds. The first-order valence-electron chi connectivity index (χ1n) is 9.89. The van der Waals surface area contributed by atoms with Gasteiger partial charge in [-0.1, -0.05) is 37.8 Å². The Balaban J connectivity index is 1.67. The summed E-state index contributed by atoms with van der Waals surface area (Å²) in [6.07, 6.45) is 11.7. The molecule has 1 aliphatic carbocycles. The van der Waals surface area contributed by atoms with Crippen LogP contribution < -0.4 is 0 Å². The third-order valence-corrected chi connectivity index (χ3v) is 6.11. The molecule has 1 aromatic carbocycles. The summed E-state index contributed by atoms with van der Waals surface area (Å²) in [7, 11) is 0. The fraction of sp³-hybridized carbons (Fsp3) is 0.714. The second-order valence-corrected chi connectivity index (χ2v) is 7.77. The van der Waals surface area contributed by atoms with Gasteiger partial charge in [0.2, 0.25) is 0 Å². The highest BCUT2D eigenvalue weighted by Crippen LogP contribution is 2.42. The van der Waals surface area contributed by atoms with E-state index in [1.807, 2.05) is 0 Å². The molecule has 3 rings (SSSR count). The molecule has 3 heteroatoms. The lowest BCUT2D eigenvalue weighted by atomic mass is 9.71. The molecule has 1 aliphatic heterocycles. The first-order chi connectivity index (χ1) is 11.7. The number of hydrogen-bond acceptors (Lipinski definition) is 2.